The monoisotopic (exact) mass is 227 g/mol. The number of hydrogen-bond acceptors (Lipinski definition) is 2. The second-order valence-corrected chi connectivity index (χ2v) is 6.14. The fourth-order valence-corrected chi connectivity index (χ4v) is 1.79. The summed E-state index contributed by atoms with van der Waals surface area (Å²) in [5.74, 6) is 0.984. The van der Waals surface area contributed by atoms with Crippen molar-refractivity contribution >= 4 is 0 Å². The molecule has 1 rings (SSSR count). The molecule has 0 bridgehead atoms. The summed E-state index contributed by atoms with van der Waals surface area (Å²) in [7, 11) is 0. The molecule has 0 aliphatic heterocycles. The minimum absolute atomic E-state index is 0.200. The van der Waals surface area contributed by atoms with Crippen LogP contribution in [0.1, 0.15) is 59.8 Å². The maximum atomic E-state index is 5.97. The van der Waals surface area contributed by atoms with E-state index in [2.05, 4.69) is 33.0 Å². The van der Waals surface area contributed by atoms with Crippen LogP contribution in [0.25, 0.3) is 0 Å². The first-order chi connectivity index (χ1) is 7.51. The van der Waals surface area contributed by atoms with Gasteiger partial charge in [-0.05, 0) is 39.5 Å². The van der Waals surface area contributed by atoms with Crippen molar-refractivity contribution in [1.29, 1.82) is 0 Å². The van der Waals surface area contributed by atoms with E-state index in [1.807, 2.05) is 0 Å². The molecule has 1 atom stereocenters. The number of hydrogen-bond donors (Lipinski definition) is 1. The molecular formula is C14H29NO. The molecule has 1 N–H and O–H groups in total. The van der Waals surface area contributed by atoms with Crippen molar-refractivity contribution in [2.75, 3.05) is 13.2 Å². The molecule has 0 saturated heterocycles. The third-order valence-electron chi connectivity index (χ3n) is 3.05. The summed E-state index contributed by atoms with van der Waals surface area (Å²) in [5, 5.41) is 3.54. The lowest BCUT2D eigenvalue weighted by Gasteiger charge is -2.25. The van der Waals surface area contributed by atoms with Gasteiger partial charge in [0.2, 0.25) is 0 Å². The lowest BCUT2D eigenvalue weighted by molar-refractivity contribution is 0.0394. The largest absolute Gasteiger partial charge is 0.377 e. The van der Waals surface area contributed by atoms with Gasteiger partial charge < -0.3 is 10.1 Å². The number of ether oxygens (including phenoxy) is 1. The van der Waals surface area contributed by atoms with Gasteiger partial charge in [0.05, 0.1) is 6.10 Å². The van der Waals surface area contributed by atoms with Gasteiger partial charge in [0.25, 0.3) is 0 Å². The summed E-state index contributed by atoms with van der Waals surface area (Å²) in [5.41, 5.74) is 0.200. The third kappa shape index (κ3) is 7.24. The van der Waals surface area contributed by atoms with Gasteiger partial charge in [0, 0.05) is 18.7 Å². The fraction of sp³-hybridized carbons (Fsp3) is 1.00. The molecular weight excluding hydrogens is 198 g/mol. The Balaban J connectivity index is 2.12. The Hall–Kier alpha value is -0.0800. The lowest BCUT2D eigenvalue weighted by Crippen LogP contribution is -2.41. The predicted octanol–water partition coefficient (Wildman–Crippen LogP) is 3.36. The molecule has 96 valence electrons. The zero-order valence-electron chi connectivity index (χ0n) is 11.5. The van der Waals surface area contributed by atoms with Crippen LogP contribution >= 0.6 is 0 Å². The smallest absolute Gasteiger partial charge is 0.0699 e. The van der Waals surface area contributed by atoms with Crippen molar-refractivity contribution in [3.63, 3.8) is 0 Å². The van der Waals surface area contributed by atoms with Gasteiger partial charge in [0.1, 0.15) is 0 Å². The van der Waals surface area contributed by atoms with E-state index in [9.17, 15) is 0 Å². The van der Waals surface area contributed by atoms with Crippen molar-refractivity contribution in [3.8, 4) is 0 Å². The van der Waals surface area contributed by atoms with Gasteiger partial charge in [-0.1, -0.05) is 26.2 Å². The molecule has 1 saturated carbocycles. The first-order valence-corrected chi connectivity index (χ1v) is 6.88. The summed E-state index contributed by atoms with van der Waals surface area (Å²) in [6.45, 7) is 10.8. The fourth-order valence-electron chi connectivity index (χ4n) is 1.79. The van der Waals surface area contributed by atoms with Crippen LogP contribution in [0, 0.1) is 5.92 Å². The SMILES string of the molecule is CCCC(CNC(C)(C)C)OCCC1CC1. The maximum absolute atomic E-state index is 5.97. The van der Waals surface area contributed by atoms with Crippen LogP contribution in [0.3, 0.4) is 0 Å². The molecule has 0 aromatic carbocycles. The minimum Gasteiger partial charge on any atom is -0.377 e. The van der Waals surface area contributed by atoms with E-state index in [-0.39, 0.29) is 5.54 Å². The van der Waals surface area contributed by atoms with Crippen molar-refractivity contribution in [2.24, 2.45) is 5.92 Å². The van der Waals surface area contributed by atoms with Gasteiger partial charge in [0.15, 0.2) is 0 Å². The van der Waals surface area contributed by atoms with Crippen LogP contribution in [0.4, 0.5) is 0 Å². The molecule has 1 unspecified atom stereocenters. The van der Waals surface area contributed by atoms with E-state index >= 15 is 0 Å². The van der Waals surface area contributed by atoms with Crippen LogP contribution < -0.4 is 5.32 Å². The molecule has 0 heterocycles. The highest BCUT2D eigenvalue weighted by molar-refractivity contribution is 4.75. The standard InChI is InChI=1S/C14H29NO/c1-5-6-13(11-15-14(2,3)4)16-10-9-12-7-8-12/h12-13,15H,5-11H2,1-4H3. The van der Waals surface area contributed by atoms with E-state index in [0.29, 0.717) is 6.10 Å². The highest BCUT2D eigenvalue weighted by Gasteiger charge is 2.21. The van der Waals surface area contributed by atoms with E-state index in [1.54, 1.807) is 0 Å². The normalized spacial score (nSPS) is 18.8. The highest BCUT2D eigenvalue weighted by atomic mass is 16.5. The lowest BCUT2D eigenvalue weighted by atomic mass is 10.1. The molecule has 0 aromatic heterocycles. The molecule has 0 radical (unpaired) electrons. The Bertz CT molecular complexity index is 182. The molecule has 0 amide bonds. The van der Waals surface area contributed by atoms with Crippen LogP contribution in [-0.4, -0.2) is 24.8 Å². The van der Waals surface area contributed by atoms with E-state index in [4.69, 9.17) is 4.74 Å². The molecule has 1 fully saturated rings. The van der Waals surface area contributed by atoms with Gasteiger partial charge >= 0.3 is 0 Å². The first-order valence-electron chi connectivity index (χ1n) is 6.88. The van der Waals surface area contributed by atoms with Crippen molar-refractivity contribution in [2.45, 2.75) is 71.4 Å². The van der Waals surface area contributed by atoms with Crippen LogP contribution in [0.5, 0.6) is 0 Å². The molecule has 2 heteroatoms. The maximum Gasteiger partial charge on any atom is 0.0699 e. The Labute approximate surface area is 101 Å². The second-order valence-electron chi connectivity index (χ2n) is 6.14. The van der Waals surface area contributed by atoms with E-state index in [0.717, 1.165) is 19.1 Å². The summed E-state index contributed by atoms with van der Waals surface area (Å²) in [4.78, 5) is 0. The first kappa shape index (κ1) is 14.0. The van der Waals surface area contributed by atoms with E-state index in [1.165, 1.54) is 32.1 Å². The van der Waals surface area contributed by atoms with Crippen molar-refractivity contribution < 1.29 is 4.74 Å². The molecule has 16 heavy (non-hydrogen) atoms. The zero-order valence-corrected chi connectivity index (χ0v) is 11.5. The quantitative estimate of drug-likeness (QED) is 0.686. The summed E-state index contributed by atoms with van der Waals surface area (Å²) in [6.07, 6.45) is 6.93. The summed E-state index contributed by atoms with van der Waals surface area (Å²) >= 11 is 0. The number of nitrogens with one attached hydrogen (secondary N) is 1. The number of rotatable bonds is 8. The Morgan fingerprint density at radius 2 is 2.00 bits per heavy atom. The minimum atomic E-state index is 0.200. The topological polar surface area (TPSA) is 21.3 Å². The van der Waals surface area contributed by atoms with Crippen molar-refractivity contribution in [3.05, 3.63) is 0 Å². The van der Waals surface area contributed by atoms with Gasteiger partial charge in [-0.25, -0.2) is 0 Å². The Morgan fingerprint density at radius 3 is 2.50 bits per heavy atom. The predicted molar refractivity (Wildman–Crippen MR) is 69.7 cm³/mol. The van der Waals surface area contributed by atoms with E-state index < -0.39 is 0 Å². The Kier molecular flexibility index (Phi) is 5.77. The highest BCUT2D eigenvalue weighted by Crippen LogP contribution is 2.32. The van der Waals surface area contributed by atoms with Crippen LogP contribution in [0.2, 0.25) is 0 Å². The molecule has 1 aliphatic carbocycles. The molecule has 2 nitrogen and oxygen atoms in total. The average Bonchev–Trinajstić information content (AvgIpc) is 2.97. The van der Waals surface area contributed by atoms with Crippen LogP contribution in [0.15, 0.2) is 0 Å². The van der Waals surface area contributed by atoms with Crippen molar-refractivity contribution in [1.82, 2.24) is 5.32 Å². The zero-order chi connectivity index (χ0) is 12.0. The third-order valence-corrected chi connectivity index (χ3v) is 3.05. The van der Waals surface area contributed by atoms with Gasteiger partial charge in [-0.15, -0.1) is 0 Å². The molecule has 0 spiro atoms. The van der Waals surface area contributed by atoms with Gasteiger partial charge in [-0.3, -0.25) is 0 Å². The Morgan fingerprint density at radius 1 is 1.31 bits per heavy atom. The summed E-state index contributed by atoms with van der Waals surface area (Å²) < 4.78 is 5.97. The van der Waals surface area contributed by atoms with Crippen LogP contribution in [-0.2, 0) is 4.74 Å². The van der Waals surface area contributed by atoms with Gasteiger partial charge in [-0.2, -0.15) is 0 Å². The second kappa shape index (κ2) is 6.61. The molecule has 1 aliphatic rings. The average molecular weight is 227 g/mol. The molecule has 0 aromatic rings. The summed E-state index contributed by atoms with van der Waals surface area (Å²) in [6, 6.07) is 0.